The summed E-state index contributed by atoms with van der Waals surface area (Å²) in [7, 11) is -1.78. The predicted octanol–water partition coefficient (Wildman–Crippen LogP) is -0.333. The smallest absolute Gasteiger partial charge is 0.251 e. The number of hydrogen-bond acceptors (Lipinski definition) is 5. The largest absolute Gasteiger partial charge is 0.385 e. The molecule has 0 atom stereocenters. The highest BCUT2D eigenvalue weighted by Gasteiger charge is 2.28. The van der Waals surface area contributed by atoms with Gasteiger partial charge in [-0.1, -0.05) is 0 Å². The summed E-state index contributed by atoms with van der Waals surface area (Å²) in [6.07, 6.45) is 2.06. The molecule has 1 saturated heterocycles. The average Bonchev–Trinajstić information content (AvgIpc) is 2.57. The number of carbonyl (C=O) groups excluding carboxylic acids is 1. The van der Waals surface area contributed by atoms with Crippen LogP contribution in [0.1, 0.15) is 12.0 Å². The lowest BCUT2D eigenvalue weighted by atomic mass is 10.3. The highest BCUT2D eigenvalue weighted by molar-refractivity contribution is 7.89. The Labute approximate surface area is 148 Å². The lowest BCUT2D eigenvalue weighted by molar-refractivity contribution is -0.133. The minimum Gasteiger partial charge on any atom is -0.385 e. The Kier molecular flexibility index (Phi) is 6.74. The molecule has 0 N–H and O–H groups in total. The zero-order chi connectivity index (χ0) is 18.4. The van der Waals surface area contributed by atoms with E-state index in [1.807, 2.05) is 6.92 Å². The Morgan fingerprint density at radius 1 is 1.24 bits per heavy atom. The van der Waals surface area contributed by atoms with Gasteiger partial charge in [-0.15, -0.1) is 0 Å². The third-order valence-electron chi connectivity index (χ3n) is 4.19. The van der Waals surface area contributed by atoms with Crippen LogP contribution < -0.4 is 5.56 Å². The molecule has 0 saturated carbocycles. The van der Waals surface area contributed by atoms with Gasteiger partial charge in [-0.05, 0) is 25.0 Å². The van der Waals surface area contributed by atoms with Crippen molar-refractivity contribution < 1.29 is 17.9 Å². The molecule has 1 aromatic heterocycles. The summed E-state index contributed by atoms with van der Waals surface area (Å²) in [4.78, 5) is 25.8. The van der Waals surface area contributed by atoms with Crippen LogP contribution in [0.3, 0.4) is 0 Å². The normalized spacial score (nSPS) is 16.2. The number of amides is 1. The van der Waals surface area contributed by atoms with E-state index in [2.05, 4.69) is 0 Å². The molecular weight excluding hydrogens is 346 g/mol. The first-order valence-electron chi connectivity index (χ1n) is 8.25. The molecule has 0 unspecified atom stereocenters. The first kappa shape index (κ1) is 19.6. The van der Waals surface area contributed by atoms with Crippen molar-refractivity contribution in [1.29, 1.82) is 0 Å². The van der Waals surface area contributed by atoms with Crippen LogP contribution in [-0.2, 0) is 26.1 Å². The second-order valence-electron chi connectivity index (χ2n) is 6.11. The van der Waals surface area contributed by atoms with Crippen molar-refractivity contribution in [2.24, 2.45) is 0 Å². The van der Waals surface area contributed by atoms with Crippen LogP contribution in [0, 0.1) is 6.92 Å². The van der Waals surface area contributed by atoms with Crippen molar-refractivity contribution >= 4 is 15.9 Å². The van der Waals surface area contributed by atoms with E-state index in [0.717, 1.165) is 5.56 Å². The molecular formula is C16H25N3O5S. The van der Waals surface area contributed by atoms with E-state index >= 15 is 0 Å². The molecule has 0 radical (unpaired) electrons. The maximum atomic E-state index is 12.4. The van der Waals surface area contributed by atoms with Gasteiger partial charge in [0.05, 0.1) is 5.75 Å². The Morgan fingerprint density at radius 2 is 1.92 bits per heavy atom. The van der Waals surface area contributed by atoms with Gasteiger partial charge in [0.25, 0.3) is 5.56 Å². The van der Waals surface area contributed by atoms with E-state index in [0.29, 0.717) is 26.1 Å². The fourth-order valence-electron chi connectivity index (χ4n) is 2.71. The quantitative estimate of drug-likeness (QED) is 0.612. The van der Waals surface area contributed by atoms with Crippen LogP contribution in [0.25, 0.3) is 0 Å². The van der Waals surface area contributed by atoms with Gasteiger partial charge in [-0.25, -0.2) is 8.42 Å². The van der Waals surface area contributed by atoms with E-state index in [1.165, 1.54) is 22.0 Å². The molecule has 2 heterocycles. The lowest BCUT2D eigenvalue weighted by Crippen LogP contribution is -2.52. The zero-order valence-electron chi connectivity index (χ0n) is 14.7. The topological polar surface area (TPSA) is 88.9 Å². The van der Waals surface area contributed by atoms with Crippen molar-refractivity contribution in [2.75, 3.05) is 45.6 Å². The van der Waals surface area contributed by atoms with Crippen LogP contribution in [0.4, 0.5) is 0 Å². The van der Waals surface area contributed by atoms with E-state index in [9.17, 15) is 18.0 Å². The fraction of sp³-hybridized carbons (Fsp3) is 0.625. The third kappa shape index (κ3) is 5.38. The van der Waals surface area contributed by atoms with Crippen molar-refractivity contribution in [3.05, 3.63) is 34.2 Å². The number of piperazine rings is 1. The molecule has 25 heavy (non-hydrogen) atoms. The van der Waals surface area contributed by atoms with Gasteiger partial charge in [0, 0.05) is 52.2 Å². The van der Waals surface area contributed by atoms with Crippen molar-refractivity contribution in [2.45, 2.75) is 19.9 Å². The van der Waals surface area contributed by atoms with Crippen molar-refractivity contribution in [1.82, 2.24) is 13.8 Å². The number of sulfonamides is 1. The molecule has 8 nitrogen and oxygen atoms in total. The molecule has 1 aliphatic rings. The number of carbonyl (C=O) groups is 1. The van der Waals surface area contributed by atoms with Crippen LogP contribution in [0.15, 0.2) is 23.1 Å². The van der Waals surface area contributed by atoms with Gasteiger partial charge >= 0.3 is 0 Å². The maximum Gasteiger partial charge on any atom is 0.251 e. The van der Waals surface area contributed by atoms with E-state index in [-0.39, 0.29) is 36.9 Å². The van der Waals surface area contributed by atoms with Gasteiger partial charge in [0.2, 0.25) is 15.9 Å². The molecule has 9 heteroatoms. The predicted molar refractivity (Wildman–Crippen MR) is 93.9 cm³/mol. The summed E-state index contributed by atoms with van der Waals surface area (Å²) in [5, 5.41) is 0. The monoisotopic (exact) mass is 371 g/mol. The SMILES string of the molecule is COCCCS(=O)(=O)N1CCN(C(=O)Cn2ccc(C)cc2=O)CC1. The minimum absolute atomic E-state index is 0.0281. The standard InChI is InChI=1S/C16H25N3O5S/c1-14-4-5-18(15(20)12-14)13-16(21)17-6-8-19(9-7-17)25(22,23)11-3-10-24-2/h4-5,12H,3,6-11,13H2,1-2H3. The van der Waals surface area contributed by atoms with Gasteiger partial charge < -0.3 is 14.2 Å². The molecule has 1 aliphatic heterocycles. The highest BCUT2D eigenvalue weighted by Crippen LogP contribution is 2.10. The molecule has 0 bridgehead atoms. The summed E-state index contributed by atoms with van der Waals surface area (Å²) in [5.41, 5.74) is 0.633. The van der Waals surface area contributed by atoms with Crippen LogP contribution in [0.2, 0.25) is 0 Å². The average molecular weight is 371 g/mol. The van der Waals surface area contributed by atoms with Crippen molar-refractivity contribution in [3.63, 3.8) is 0 Å². The molecule has 1 fully saturated rings. The summed E-state index contributed by atoms with van der Waals surface area (Å²) < 4.78 is 32.1. The minimum atomic E-state index is -3.31. The molecule has 2 rings (SSSR count). The molecule has 1 amide bonds. The van der Waals surface area contributed by atoms with Gasteiger partial charge in [-0.3, -0.25) is 9.59 Å². The summed E-state index contributed by atoms with van der Waals surface area (Å²) in [6, 6.07) is 3.26. The molecule has 0 aliphatic carbocycles. The number of aromatic nitrogens is 1. The molecule has 0 aromatic carbocycles. The van der Waals surface area contributed by atoms with Crippen molar-refractivity contribution in [3.8, 4) is 0 Å². The fourth-order valence-corrected chi connectivity index (χ4v) is 4.17. The van der Waals surface area contributed by atoms with Gasteiger partial charge in [0.1, 0.15) is 6.54 Å². The van der Waals surface area contributed by atoms with Crippen LogP contribution >= 0.6 is 0 Å². The number of rotatable bonds is 7. The number of pyridine rings is 1. The number of nitrogens with zero attached hydrogens (tertiary/aromatic N) is 3. The molecule has 0 spiro atoms. The van der Waals surface area contributed by atoms with Crippen LogP contribution in [-0.4, -0.2) is 73.7 Å². The number of methoxy groups -OCH3 is 1. The Bertz CT molecular complexity index is 751. The summed E-state index contributed by atoms with van der Waals surface area (Å²) >= 11 is 0. The Morgan fingerprint density at radius 3 is 2.52 bits per heavy atom. The van der Waals surface area contributed by atoms with E-state index in [1.54, 1.807) is 17.2 Å². The maximum absolute atomic E-state index is 12.4. The molecule has 140 valence electrons. The summed E-state index contributed by atoms with van der Waals surface area (Å²) in [5.74, 6) is -0.129. The number of ether oxygens (including phenoxy) is 1. The van der Waals surface area contributed by atoms with Gasteiger partial charge in [-0.2, -0.15) is 4.31 Å². The second kappa shape index (κ2) is 8.59. The number of hydrogen-bond donors (Lipinski definition) is 0. The van der Waals surface area contributed by atoms with E-state index in [4.69, 9.17) is 4.74 Å². The zero-order valence-corrected chi connectivity index (χ0v) is 15.5. The van der Waals surface area contributed by atoms with Gasteiger partial charge in [0.15, 0.2) is 0 Å². The highest BCUT2D eigenvalue weighted by atomic mass is 32.2. The second-order valence-corrected chi connectivity index (χ2v) is 8.20. The molecule has 1 aromatic rings. The first-order valence-corrected chi connectivity index (χ1v) is 9.86. The summed E-state index contributed by atoms with van der Waals surface area (Å²) in [6.45, 7) is 3.43. The van der Waals surface area contributed by atoms with Crippen LogP contribution in [0.5, 0.6) is 0 Å². The Balaban J connectivity index is 1.89. The Hall–Kier alpha value is -1.71. The number of aryl methyl sites for hydroxylation is 1. The first-order chi connectivity index (χ1) is 11.8. The van der Waals surface area contributed by atoms with E-state index < -0.39 is 10.0 Å². The lowest BCUT2D eigenvalue weighted by Gasteiger charge is -2.34. The third-order valence-corrected chi connectivity index (χ3v) is 6.15.